The second kappa shape index (κ2) is 9.93. The average Bonchev–Trinajstić information content (AvgIpc) is 3.57. The van der Waals surface area contributed by atoms with Gasteiger partial charge in [-0.2, -0.15) is 11.8 Å². The molecular weight excluding hydrogens is 464 g/mol. The number of carbonyl (C=O) groups excluding carboxylic acids is 2. The Bertz CT molecular complexity index is 1080. The molecule has 0 aromatic heterocycles. The van der Waals surface area contributed by atoms with Gasteiger partial charge in [-0.15, -0.1) is 0 Å². The standard InChI is InChI=1S/C27H30N2O5S/c30-24(31)14-27(9-11-35-12-10-27)29-25(32)22-13-17(22)15-28-26(33)34-16-23-20-7-3-1-5-18(20)19-6-2-4-8-21(19)23/h1-8,17,22-23H,9-16H2,(H,28,33)(H,29,32)(H,30,31). The van der Waals surface area contributed by atoms with E-state index in [9.17, 15) is 19.5 Å². The first kappa shape index (κ1) is 23.7. The SMILES string of the molecule is O=C(O)CC1(NC(=O)C2CC2CNC(=O)OCC2c3ccccc3-c3ccccc32)CCSCC1. The molecule has 8 heteroatoms. The minimum Gasteiger partial charge on any atom is -0.481 e. The average molecular weight is 495 g/mol. The van der Waals surface area contributed by atoms with Crippen molar-refractivity contribution in [1.29, 1.82) is 0 Å². The molecule has 1 saturated carbocycles. The molecule has 0 spiro atoms. The van der Waals surface area contributed by atoms with E-state index < -0.39 is 17.6 Å². The number of hydrogen-bond acceptors (Lipinski definition) is 5. The van der Waals surface area contributed by atoms with Gasteiger partial charge in [-0.1, -0.05) is 48.5 Å². The van der Waals surface area contributed by atoms with E-state index >= 15 is 0 Å². The molecule has 1 heterocycles. The number of alkyl carbamates (subject to hydrolysis) is 1. The van der Waals surface area contributed by atoms with Crippen molar-refractivity contribution in [2.24, 2.45) is 11.8 Å². The number of ether oxygens (including phenoxy) is 1. The molecule has 35 heavy (non-hydrogen) atoms. The second-order valence-electron chi connectivity index (χ2n) is 9.76. The third kappa shape index (κ3) is 5.17. The number of carbonyl (C=O) groups is 3. The smallest absolute Gasteiger partial charge is 0.407 e. The summed E-state index contributed by atoms with van der Waals surface area (Å²) in [6, 6.07) is 16.4. The first-order valence-corrected chi connectivity index (χ1v) is 13.3. The monoisotopic (exact) mass is 494 g/mol. The molecule has 2 atom stereocenters. The number of aliphatic carboxylic acids is 1. The van der Waals surface area contributed by atoms with E-state index in [4.69, 9.17) is 4.74 Å². The molecule has 2 aromatic rings. The van der Waals surface area contributed by atoms with Crippen molar-refractivity contribution in [3.63, 3.8) is 0 Å². The minimum absolute atomic E-state index is 0.00619. The van der Waals surface area contributed by atoms with Crippen LogP contribution in [0.2, 0.25) is 0 Å². The van der Waals surface area contributed by atoms with Crippen molar-refractivity contribution in [2.75, 3.05) is 24.7 Å². The lowest BCUT2D eigenvalue weighted by Crippen LogP contribution is -2.52. The van der Waals surface area contributed by atoms with Crippen molar-refractivity contribution in [3.05, 3.63) is 59.7 Å². The van der Waals surface area contributed by atoms with Gasteiger partial charge in [0.2, 0.25) is 5.91 Å². The fraction of sp³-hybridized carbons (Fsp3) is 0.444. The number of rotatable bonds is 8. The summed E-state index contributed by atoms with van der Waals surface area (Å²) in [6.45, 7) is 0.626. The van der Waals surface area contributed by atoms with Crippen molar-refractivity contribution in [3.8, 4) is 11.1 Å². The number of hydrogen-bond donors (Lipinski definition) is 3. The van der Waals surface area contributed by atoms with Crippen molar-refractivity contribution >= 4 is 29.7 Å². The molecule has 1 saturated heterocycles. The molecule has 0 radical (unpaired) electrons. The van der Waals surface area contributed by atoms with Gasteiger partial charge in [-0.3, -0.25) is 9.59 Å². The molecule has 2 aliphatic carbocycles. The predicted molar refractivity (Wildman–Crippen MR) is 134 cm³/mol. The summed E-state index contributed by atoms with van der Waals surface area (Å²) in [5.41, 5.74) is 4.04. The lowest BCUT2D eigenvalue weighted by molar-refractivity contribution is -0.139. The first-order chi connectivity index (χ1) is 17.0. The highest BCUT2D eigenvalue weighted by Gasteiger charge is 2.46. The van der Waals surface area contributed by atoms with Crippen LogP contribution >= 0.6 is 11.8 Å². The Balaban J connectivity index is 1.10. The summed E-state index contributed by atoms with van der Waals surface area (Å²) >= 11 is 1.79. The number of benzene rings is 2. The Labute approximate surface area is 209 Å². The fourth-order valence-corrected chi connectivity index (χ4v) is 6.68. The lowest BCUT2D eigenvalue weighted by Gasteiger charge is -2.36. The first-order valence-electron chi connectivity index (χ1n) is 12.2. The van der Waals surface area contributed by atoms with E-state index in [1.807, 2.05) is 24.3 Å². The number of carboxylic acids is 1. The molecule has 0 bridgehead atoms. The molecule has 2 aromatic carbocycles. The van der Waals surface area contributed by atoms with Gasteiger partial charge in [-0.25, -0.2) is 4.79 Å². The van der Waals surface area contributed by atoms with Gasteiger partial charge in [0.05, 0.1) is 12.0 Å². The summed E-state index contributed by atoms with van der Waals surface area (Å²) in [5, 5.41) is 15.2. The van der Waals surface area contributed by atoms with Crippen LogP contribution in [-0.2, 0) is 14.3 Å². The summed E-state index contributed by atoms with van der Waals surface area (Å²) in [4.78, 5) is 36.6. The van der Waals surface area contributed by atoms with Crippen molar-refractivity contribution < 1.29 is 24.2 Å². The maximum atomic E-state index is 12.8. The third-order valence-electron chi connectivity index (χ3n) is 7.44. The highest BCUT2D eigenvalue weighted by molar-refractivity contribution is 7.99. The number of fused-ring (bicyclic) bond motifs is 3. The van der Waals surface area contributed by atoms with E-state index in [0.29, 0.717) is 25.8 Å². The number of carboxylic acid groups (broad SMARTS) is 1. The number of thioether (sulfide) groups is 1. The molecule has 2 unspecified atom stereocenters. The van der Waals surface area contributed by atoms with Crippen LogP contribution in [0.15, 0.2) is 48.5 Å². The van der Waals surface area contributed by atoms with Crippen LogP contribution in [0.4, 0.5) is 4.79 Å². The van der Waals surface area contributed by atoms with Crippen molar-refractivity contribution in [1.82, 2.24) is 10.6 Å². The van der Waals surface area contributed by atoms with Crippen LogP contribution in [0.5, 0.6) is 0 Å². The summed E-state index contributed by atoms with van der Waals surface area (Å²) in [6.07, 6.45) is 1.50. The highest BCUT2D eigenvalue weighted by atomic mass is 32.2. The molecule has 7 nitrogen and oxygen atoms in total. The Morgan fingerprint density at radius 3 is 2.26 bits per heavy atom. The van der Waals surface area contributed by atoms with E-state index in [1.54, 1.807) is 11.8 Å². The van der Waals surface area contributed by atoms with Crippen LogP contribution in [0.3, 0.4) is 0 Å². The summed E-state index contributed by atoms with van der Waals surface area (Å²) < 4.78 is 5.58. The number of amides is 2. The molecule has 3 aliphatic rings. The van der Waals surface area contributed by atoms with E-state index in [1.165, 1.54) is 11.1 Å². The molecule has 3 N–H and O–H groups in total. The topological polar surface area (TPSA) is 105 Å². The van der Waals surface area contributed by atoms with Crippen LogP contribution in [-0.4, -0.2) is 53.3 Å². The Kier molecular flexibility index (Phi) is 6.73. The van der Waals surface area contributed by atoms with E-state index in [2.05, 4.69) is 34.9 Å². The molecule has 5 rings (SSSR count). The zero-order valence-corrected chi connectivity index (χ0v) is 20.3. The normalized spacial score (nSPS) is 21.9. The highest BCUT2D eigenvalue weighted by Crippen LogP contribution is 2.44. The van der Waals surface area contributed by atoms with Crippen LogP contribution < -0.4 is 10.6 Å². The second-order valence-corrected chi connectivity index (χ2v) is 11.0. The zero-order valence-electron chi connectivity index (χ0n) is 19.5. The quantitative estimate of drug-likeness (QED) is 0.512. The molecule has 2 amide bonds. The molecule has 184 valence electrons. The summed E-state index contributed by atoms with van der Waals surface area (Å²) in [7, 11) is 0. The lowest BCUT2D eigenvalue weighted by atomic mass is 9.88. The zero-order chi connectivity index (χ0) is 24.4. The van der Waals surface area contributed by atoms with Crippen LogP contribution in [0, 0.1) is 11.8 Å². The van der Waals surface area contributed by atoms with Crippen LogP contribution in [0.1, 0.15) is 42.7 Å². The maximum Gasteiger partial charge on any atom is 0.407 e. The Hall–Kier alpha value is -3.00. The molecule has 2 fully saturated rings. The van der Waals surface area contributed by atoms with Crippen molar-refractivity contribution in [2.45, 2.75) is 37.1 Å². The van der Waals surface area contributed by atoms with E-state index in [0.717, 1.165) is 22.6 Å². The van der Waals surface area contributed by atoms with Gasteiger partial charge in [0.1, 0.15) is 6.61 Å². The third-order valence-corrected chi connectivity index (χ3v) is 8.43. The number of nitrogens with one attached hydrogen (secondary N) is 2. The molecule has 1 aliphatic heterocycles. The van der Waals surface area contributed by atoms with Gasteiger partial charge in [-0.05, 0) is 58.9 Å². The fourth-order valence-electron chi connectivity index (χ4n) is 5.41. The Morgan fingerprint density at radius 1 is 1.00 bits per heavy atom. The van der Waals surface area contributed by atoms with E-state index in [-0.39, 0.29) is 36.7 Å². The van der Waals surface area contributed by atoms with Gasteiger partial charge in [0, 0.05) is 18.4 Å². The minimum atomic E-state index is -0.888. The Morgan fingerprint density at radius 2 is 1.63 bits per heavy atom. The van der Waals surface area contributed by atoms with Gasteiger partial charge in [0.25, 0.3) is 0 Å². The predicted octanol–water partition coefficient (Wildman–Crippen LogP) is 4.02. The largest absolute Gasteiger partial charge is 0.481 e. The van der Waals surface area contributed by atoms with Gasteiger partial charge >= 0.3 is 12.1 Å². The maximum absolute atomic E-state index is 12.8. The van der Waals surface area contributed by atoms with Crippen LogP contribution in [0.25, 0.3) is 11.1 Å². The summed E-state index contributed by atoms with van der Waals surface area (Å²) in [5.74, 6) is 0.584. The van der Waals surface area contributed by atoms with Gasteiger partial charge < -0.3 is 20.5 Å². The molecular formula is C27H30N2O5S. The van der Waals surface area contributed by atoms with Gasteiger partial charge in [0.15, 0.2) is 0 Å².